The van der Waals surface area contributed by atoms with Gasteiger partial charge in [-0.25, -0.2) is 0 Å². The van der Waals surface area contributed by atoms with Gasteiger partial charge in [-0.1, -0.05) is 19.8 Å². The van der Waals surface area contributed by atoms with E-state index in [1.54, 1.807) is 0 Å². The molecule has 0 aromatic rings. The molecule has 0 saturated carbocycles. The van der Waals surface area contributed by atoms with Crippen LogP contribution in [-0.2, 0) is 9.59 Å². The standard InChI is InChI=1S/C10H16O2/c1-3-4-5-6-10(12)8-7-9(2)11/h7-8H,3-6H2,1-2H3/b8-7+. The van der Waals surface area contributed by atoms with Gasteiger partial charge >= 0.3 is 0 Å². The minimum atomic E-state index is -0.0705. The molecule has 0 spiro atoms. The van der Waals surface area contributed by atoms with Crippen LogP contribution in [0.5, 0.6) is 0 Å². The van der Waals surface area contributed by atoms with E-state index in [0.717, 1.165) is 19.3 Å². The topological polar surface area (TPSA) is 34.1 Å². The third-order valence-electron chi connectivity index (χ3n) is 1.53. The smallest absolute Gasteiger partial charge is 0.155 e. The normalized spacial score (nSPS) is 10.5. The molecule has 0 radical (unpaired) electrons. The van der Waals surface area contributed by atoms with Gasteiger partial charge in [-0.2, -0.15) is 0 Å². The van der Waals surface area contributed by atoms with Gasteiger partial charge in [0.2, 0.25) is 0 Å². The predicted octanol–water partition coefficient (Wildman–Crippen LogP) is 2.28. The zero-order valence-electron chi connectivity index (χ0n) is 7.80. The van der Waals surface area contributed by atoms with E-state index in [0.29, 0.717) is 6.42 Å². The van der Waals surface area contributed by atoms with Gasteiger partial charge < -0.3 is 0 Å². The summed E-state index contributed by atoms with van der Waals surface area (Å²) in [5.41, 5.74) is 0. The number of allylic oxidation sites excluding steroid dienone is 2. The zero-order valence-corrected chi connectivity index (χ0v) is 7.80. The maximum absolute atomic E-state index is 11.0. The molecule has 0 fully saturated rings. The van der Waals surface area contributed by atoms with Gasteiger partial charge in [0.1, 0.15) is 0 Å². The molecule has 0 N–H and O–H groups in total. The van der Waals surface area contributed by atoms with Crippen molar-refractivity contribution in [3.8, 4) is 0 Å². The van der Waals surface area contributed by atoms with Gasteiger partial charge in [0.15, 0.2) is 11.6 Å². The lowest BCUT2D eigenvalue weighted by Crippen LogP contribution is -1.93. The maximum atomic E-state index is 11.0. The lowest BCUT2D eigenvalue weighted by molar-refractivity contribution is -0.116. The van der Waals surface area contributed by atoms with Crippen LogP contribution in [0.1, 0.15) is 39.5 Å². The second kappa shape index (κ2) is 6.77. The summed E-state index contributed by atoms with van der Waals surface area (Å²) in [7, 11) is 0. The molecule has 0 rings (SSSR count). The Bertz CT molecular complexity index is 180. The minimum absolute atomic E-state index is 0.0543. The highest BCUT2D eigenvalue weighted by Gasteiger charge is 1.95. The van der Waals surface area contributed by atoms with E-state index in [1.807, 2.05) is 0 Å². The Balaban J connectivity index is 3.53. The van der Waals surface area contributed by atoms with Crippen LogP contribution in [0.25, 0.3) is 0 Å². The van der Waals surface area contributed by atoms with Crippen molar-refractivity contribution >= 4 is 11.6 Å². The van der Waals surface area contributed by atoms with E-state index in [-0.39, 0.29) is 11.6 Å². The Morgan fingerprint density at radius 1 is 1.17 bits per heavy atom. The first-order chi connectivity index (χ1) is 5.66. The molecule has 0 amide bonds. The summed E-state index contributed by atoms with van der Waals surface area (Å²) in [5.74, 6) is -0.0162. The van der Waals surface area contributed by atoms with Crippen LogP contribution in [-0.4, -0.2) is 11.6 Å². The summed E-state index contributed by atoms with van der Waals surface area (Å²) in [6.07, 6.45) is 6.39. The van der Waals surface area contributed by atoms with E-state index < -0.39 is 0 Å². The molecule has 0 saturated heterocycles. The van der Waals surface area contributed by atoms with Crippen molar-refractivity contribution in [1.82, 2.24) is 0 Å². The summed E-state index contributed by atoms with van der Waals surface area (Å²) in [4.78, 5) is 21.4. The fourth-order valence-electron chi connectivity index (χ4n) is 0.843. The Hall–Kier alpha value is -0.920. The van der Waals surface area contributed by atoms with E-state index in [2.05, 4.69) is 6.92 Å². The number of carbonyl (C=O) groups is 2. The third-order valence-corrected chi connectivity index (χ3v) is 1.53. The lowest BCUT2D eigenvalue weighted by atomic mass is 10.1. The molecule has 0 aliphatic heterocycles. The van der Waals surface area contributed by atoms with Gasteiger partial charge in [0.05, 0.1) is 0 Å². The summed E-state index contributed by atoms with van der Waals surface area (Å²) in [6, 6.07) is 0. The molecule has 2 heteroatoms. The first kappa shape index (κ1) is 11.1. The second-order valence-electron chi connectivity index (χ2n) is 2.87. The van der Waals surface area contributed by atoms with E-state index in [4.69, 9.17) is 0 Å². The molecule has 12 heavy (non-hydrogen) atoms. The molecule has 0 atom stereocenters. The van der Waals surface area contributed by atoms with Crippen molar-refractivity contribution in [2.24, 2.45) is 0 Å². The molecule has 0 aromatic heterocycles. The molecule has 0 aliphatic rings. The van der Waals surface area contributed by atoms with Crippen LogP contribution >= 0.6 is 0 Å². The van der Waals surface area contributed by atoms with Crippen molar-refractivity contribution in [3.05, 3.63) is 12.2 Å². The van der Waals surface area contributed by atoms with Crippen molar-refractivity contribution in [1.29, 1.82) is 0 Å². The highest BCUT2D eigenvalue weighted by atomic mass is 16.1. The van der Waals surface area contributed by atoms with Gasteiger partial charge in [0.25, 0.3) is 0 Å². The fourth-order valence-corrected chi connectivity index (χ4v) is 0.843. The van der Waals surface area contributed by atoms with Crippen LogP contribution in [0.15, 0.2) is 12.2 Å². The molecular weight excluding hydrogens is 152 g/mol. The van der Waals surface area contributed by atoms with Crippen molar-refractivity contribution in [3.63, 3.8) is 0 Å². The molecule has 68 valence electrons. The summed E-state index contributed by atoms with van der Waals surface area (Å²) in [5, 5.41) is 0. The minimum Gasteiger partial charge on any atom is -0.295 e. The van der Waals surface area contributed by atoms with Crippen LogP contribution in [0.3, 0.4) is 0 Å². The van der Waals surface area contributed by atoms with E-state index in [1.165, 1.54) is 19.1 Å². The Morgan fingerprint density at radius 3 is 2.33 bits per heavy atom. The summed E-state index contributed by atoms with van der Waals surface area (Å²) < 4.78 is 0. The molecule has 0 bridgehead atoms. The Kier molecular flexibility index (Phi) is 6.25. The molecular formula is C10H16O2. The zero-order chi connectivity index (χ0) is 9.40. The number of hydrogen-bond acceptors (Lipinski definition) is 2. The largest absolute Gasteiger partial charge is 0.295 e. The number of carbonyl (C=O) groups excluding carboxylic acids is 2. The fraction of sp³-hybridized carbons (Fsp3) is 0.600. The van der Waals surface area contributed by atoms with Crippen LogP contribution in [0.4, 0.5) is 0 Å². The Morgan fingerprint density at radius 2 is 1.83 bits per heavy atom. The van der Waals surface area contributed by atoms with Crippen molar-refractivity contribution in [2.75, 3.05) is 0 Å². The average Bonchev–Trinajstić information content (AvgIpc) is 2.01. The van der Waals surface area contributed by atoms with E-state index >= 15 is 0 Å². The molecule has 0 aliphatic carbocycles. The SMILES string of the molecule is CCCCCC(=O)/C=C/C(C)=O. The molecule has 0 heterocycles. The summed E-state index contributed by atoms with van der Waals surface area (Å²) >= 11 is 0. The maximum Gasteiger partial charge on any atom is 0.155 e. The molecule has 0 aromatic carbocycles. The number of rotatable bonds is 6. The summed E-state index contributed by atoms with van der Waals surface area (Å²) in [6.45, 7) is 3.53. The van der Waals surface area contributed by atoms with Gasteiger partial charge in [-0.15, -0.1) is 0 Å². The van der Waals surface area contributed by atoms with Crippen molar-refractivity contribution < 1.29 is 9.59 Å². The first-order valence-electron chi connectivity index (χ1n) is 4.38. The van der Waals surface area contributed by atoms with Gasteiger partial charge in [-0.3, -0.25) is 9.59 Å². The van der Waals surface area contributed by atoms with Crippen LogP contribution in [0.2, 0.25) is 0 Å². The third kappa shape index (κ3) is 7.19. The number of hydrogen-bond donors (Lipinski definition) is 0. The predicted molar refractivity (Wildman–Crippen MR) is 49.0 cm³/mol. The highest BCUT2D eigenvalue weighted by molar-refractivity contribution is 5.97. The van der Waals surface area contributed by atoms with E-state index in [9.17, 15) is 9.59 Å². The second-order valence-corrected chi connectivity index (χ2v) is 2.87. The quantitative estimate of drug-likeness (QED) is 0.450. The number of ketones is 2. The van der Waals surface area contributed by atoms with Gasteiger partial charge in [0, 0.05) is 6.42 Å². The Labute approximate surface area is 73.7 Å². The van der Waals surface area contributed by atoms with Crippen LogP contribution in [0, 0.1) is 0 Å². The number of unbranched alkanes of at least 4 members (excludes halogenated alkanes) is 2. The van der Waals surface area contributed by atoms with Crippen molar-refractivity contribution in [2.45, 2.75) is 39.5 Å². The molecule has 0 unspecified atom stereocenters. The average molecular weight is 168 g/mol. The molecule has 2 nitrogen and oxygen atoms in total. The van der Waals surface area contributed by atoms with Gasteiger partial charge in [-0.05, 0) is 25.5 Å². The first-order valence-corrected chi connectivity index (χ1v) is 4.38. The lowest BCUT2D eigenvalue weighted by Gasteiger charge is -1.92. The van der Waals surface area contributed by atoms with Crippen LogP contribution < -0.4 is 0 Å². The highest BCUT2D eigenvalue weighted by Crippen LogP contribution is 2.00. The monoisotopic (exact) mass is 168 g/mol.